The maximum Gasteiger partial charge on any atom is 0.164 e. The van der Waals surface area contributed by atoms with Crippen LogP contribution in [0.1, 0.15) is 29.0 Å². The van der Waals surface area contributed by atoms with Gasteiger partial charge in [-0.3, -0.25) is 0 Å². The molecule has 2 heterocycles. The molecule has 0 radical (unpaired) electrons. The van der Waals surface area contributed by atoms with E-state index >= 15 is 0 Å². The van der Waals surface area contributed by atoms with Crippen molar-refractivity contribution in [1.29, 1.82) is 0 Å². The fraction of sp³-hybridized carbons (Fsp3) is 0.0577. The van der Waals surface area contributed by atoms with Crippen LogP contribution in [0.15, 0.2) is 186 Å². The number of nitrogens with zero attached hydrogens (tertiary/aromatic N) is 3. The smallest absolute Gasteiger partial charge is 0.164 e. The number of hydrogen-bond donors (Lipinski definition) is 0. The minimum absolute atomic E-state index is 0.235. The molecule has 0 N–H and O–H groups in total. The van der Waals surface area contributed by atoms with Gasteiger partial charge in [0.05, 0.1) is 0 Å². The molecule has 56 heavy (non-hydrogen) atoms. The van der Waals surface area contributed by atoms with E-state index in [1.165, 1.54) is 33.2 Å². The molecule has 0 saturated heterocycles. The monoisotopic (exact) mass is 717 g/mol. The summed E-state index contributed by atoms with van der Waals surface area (Å²) < 4.78 is 6.32. The molecular formula is C52H35N3O. The SMILES string of the molecule is c1ccc(-c2cccc(-c3nc(-c4ccc5c(c4)oc4ccccc45)nc(-c4cccc5c(C6CCc7ccccc7-c7ccccc76)cccc45)n3)c2)cc1. The van der Waals surface area contributed by atoms with Crippen LogP contribution < -0.4 is 0 Å². The fourth-order valence-corrected chi connectivity index (χ4v) is 8.75. The topological polar surface area (TPSA) is 51.8 Å². The van der Waals surface area contributed by atoms with Gasteiger partial charge in [0.2, 0.25) is 0 Å². The quantitative estimate of drug-likeness (QED) is 0.178. The van der Waals surface area contributed by atoms with Gasteiger partial charge in [-0.2, -0.15) is 0 Å². The maximum absolute atomic E-state index is 6.32. The molecule has 264 valence electrons. The molecule has 1 unspecified atom stereocenters. The summed E-state index contributed by atoms with van der Waals surface area (Å²) in [6, 6.07) is 64.4. The summed E-state index contributed by atoms with van der Waals surface area (Å²) in [7, 11) is 0. The van der Waals surface area contributed by atoms with Gasteiger partial charge >= 0.3 is 0 Å². The van der Waals surface area contributed by atoms with E-state index in [0.717, 1.165) is 68.0 Å². The Morgan fingerprint density at radius 3 is 1.89 bits per heavy atom. The average molecular weight is 718 g/mol. The molecule has 11 rings (SSSR count). The first kappa shape index (κ1) is 32.3. The Kier molecular flexibility index (Phi) is 7.66. The van der Waals surface area contributed by atoms with Crippen molar-refractivity contribution in [3.8, 4) is 56.4 Å². The van der Waals surface area contributed by atoms with E-state index in [9.17, 15) is 0 Å². The summed E-state index contributed by atoms with van der Waals surface area (Å²) in [6.07, 6.45) is 2.04. The number of furan rings is 1. The van der Waals surface area contributed by atoms with Crippen LogP contribution in [0.25, 0.3) is 89.1 Å². The van der Waals surface area contributed by atoms with Crippen molar-refractivity contribution in [3.63, 3.8) is 0 Å². The van der Waals surface area contributed by atoms with Crippen LogP contribution in [0.4, 0.5) is 0 Å². The largest absolute Gasteiger partial charge is 0.456 e. The van der Waals surface area contributed by atoms with Crippen LogP contribution in [-0.4, -0.2) is 15.0 Å². The van der Waals surface area contributed by atoms with Crippen LogP contribution in [0.3, 0.4) is 0 Å². The van der Waals surface area contributed by atoms with Crippen molar-refractivity contribution in [2.75, 3.05) is 0 Å². The summed E-state index contributed by atoms with van der Waals surface area (Å²) in [4.78, 5) is 15.7. The number of fused-ring (bicyclic) bond motifs is 7. The van der Waals surface area contributed by atoms with E-state index in [2.05, 4.69) is 158 Å². The second-order valence-corrected chi connectivity index (χ2v) is 14.6. The molecule has 0 amide bonds. The van der Waals surface area contributed by atoms with Gasteiger partial charge in [-0.1, -0.05) is 158 Å². The molecule has 1 atom stereocenters. The third-order valence-electron chi connectivity index (χ3n) is 11.4. The number of hydrogen-bond acceptors (Lipinski definition) is 4. The predicted molar refractivity (Wildman–Crippen MR) is 228 cm³/mol. The molecule has 8 aromatic carbocycles. The summed E-state index contributed by atoms with van der Waals surface area (Å²) in [5, 5.41) is 4.50. The number of para-hydroxylation sites is 1. The molecule has 10 aromatic rings. The third-order valence-corrected chi connectivity index (χ3v) is 11.4. The number of rotatable bonds is 5. The molecule has 0 saturated carbocycles. The molecule has 1 aliphatic carbocycles. The number of aryl methyl sites for hydroxylation is 1. The highest BCUT2D eigenvalue weighted by molar-refractivity contribution is 6.06. The maximum atomic E-state index is 6.32. The van der Waals surface area contributed by atoms with Gasteiger partial charge in [0.15, 0.2) is 17.5 Å². The van der Waals surface area contributed by atoms with Crippen LogP contribution in [-0.2, 0) is 6.42 Å². The van der Waals surface area contributed by atoms with E-state index in [4.69, 9.17) is 19.4 Å². The minimum Gasteiger partial charge on any atom is -0.456 e. The summed E-state index contributed by atoms with van der Waals surface area (Å²) in [5.41, 5.74) is 13.5. The van der Waals surface area contributed by atoms with Crippen molar-refractivity contribution >= 4 is 32.7 Å². The second-order valence-electron chi connectivity index (χ2n) is 14.6. The van der Waals surface area contributed by atoms with Gasteiger partial charge in [0.1, 0.15) is 11.2 Å². The first-order chi connectivity index (χ1) is 27.7. The van der Waals surface area contributed by atoms with Gasteiger partial charge in [-0.15, -0.1) is 0 Å². The highest BCUT2D eigenvalue weighted by Gasteiger charge is 2.25. The highest BCUT2D eigenvalue weighted by atomic mass is 16.3. The lowest BCUT2D eigenvalue weighted by Crippen LogP contribution is -2.04. The lowest BCUT2D eigenvalue weighted by atomic mass is 9.83. The van der Waals surface area contributed by atoms with Gasteiger partial charge < -0.3 is 4.42 Å². The average Bonchev–Trinajstić information content (AvgIpc) is 3.56. The molecule has 0 fully saturated rings. The lowest BCUT2D eigenvalue weighted by molar-refractivity contribution is 0.669. The standard InChI is InChI=1S/C52H35N3O/c1-2-13-33(14-3-1)35-16-10-17-36(31-35)50-53-51(37-28-30-46-45-21-8-9-26-48(45)56-49(46)32-37)55-52(54-50)47-25-12-23-41-42(22-11-24-43(41)47)44-29-27-34-15-4-5-18-38(34)39-19-6-7-20-40(39)44/h1-26,28,30-32,44H,27,29H2. The Balaban J connectivity index is 1.09. The molecule has 1 aliphatic rings. The lowest BCUT2D eigenvalue weighted by Gasteiger charge is -2.21. The number of aromatic nitrogens is 3. The van der Waals surface area contributed by atoms with E-state index < -0.39 is 0 Å². The molecule has 0 aliphatic heterocycles. The summed E-state index contributed by atoms with van der Waals surface area (Å²) in [5.74, 6) is 2.09. The Labute approximate surface area is 324 Å². The molecule has 4 heteroatoms. The van der Waals surface area contributed by atoms with Gasteiger partial charge in [0, 0.05) is 33.4 Å². The van der Waals surface area contributed by atoms with Crippen LogP contribution in [0.5, 0.6) is 0 Å². The van der Waals surface area contributed by atoms with Gasteiger partial charge in [0.25, 0.3) is 0 Å². The molecule has 0 spiro atoms. The van der Waals surface area contributed by atoms with E-state index in [1.54, 1.807) is 0 Å². The zero-order chi connectivity index (χ0) is 37.0. The first-order valence-corrected chi connectivity index (χ1v) is 19.3. The van der Waals surface area contributed by atoms with Crippen molar-refractivity contribution in [3.05, 3.63) is 199 Å². The van der Waals surface area contributed by atoms with E-state index in [1.807, 2.05) is 24.3 Å². The summed E-state index contributed by atoms with van der Waals surface area (Å²) in [6.45, 7) is 0. The fourth-order valence-electron chi connectivity index (χ4n) is 8.75. The zero-order valence-electron chi connectivity index (χ0n) is 30.6. The Hall–Kier alpha value is -7.17. The van der Waals surface area contributed by atoms with Crippen molar-refractivity contribution in [1.82, 2.24) is 15.0 Å². The first-order valence-electron chi connectivity index (χ1n) is 19.3. The van der Waals surface area contributed by atoms with Crippen LogP contribution in [0.2, 0.25) is 0 Å². The zero-order valence-corrected chi connectivity index (χ0v) is 30.6. The van der Waals surface area contributed by atoms with Gasteiger partial charge in [-0.25, -0.2) is 15.0 Å². The second kappa shape index (κ2) is 13.3. The van der Waals surface area contributed by atoms with Crippen molar-refractivity contribution in [2.24, 2.45) is 0 Å². The number of benzene rings is 8. The molecule has 4 nitrogen and oxygen atoms in total. The van der Waals surface area contributed by atoms with E-state index in [0.29, 0.717) is 17.5 Å². The predicted octanol–water partition coefficient (Wildman–Crippen LogP) is 13.3. The van der Waals surface area contributed by atoms with Gasteiger partial charge in [-0.05, 0) is 86.8 Å². The Bertz CT molecular complexity index is 3110. The van der Waals surface area contributed by atoms with Crippen molar-refractivity contribution < 1.29 is 4.42 Å². The molecular weight excluding hydrogens is 683 g/mol. The minimum atomic E-state index is 0.235. The molecule has 2 aromatic heterocycles. The van der Waals surface area contributed by atoms with E-state index in [-0.39, 0.29) is 5.92 Å². The van der Waals surface area contributed by atoms with Crippen LogP contribution >= 0.6 is 0 Å². The Morgan fingerprint density at radius 2 is 0.982 bits per heavy atom. The molecule has 0 bridgehead atoms. The summed E-state index contributed by atoms with van der Waals surface area (Å²) >= 11 is 0. The normalized spacial score (nSPS) is 13.8. The third kappa shape index (κ3) is 5.49. The van der Waals surface area contributed by atoms with Crippen molar-refractivity contribution in [2.45, 2.75) is 18.8 Å². The Morgan fingerprint density at radius 1 is 0.375 bits per heavy atom. The highest BCUT2D eigenvalue weighted by Crippen LogP contribution is 2.44. The van der Waals surface area contributed by atoms with Crippen LogP contribution in [0, 0.1) is 0 Å².